The Morgan fingerprint density at radius 2 is 1.80 bits per heavy atom. The van der Waals surface area contributed by atoms with E-state index in [4.69, 9.17) is 9.15 Å². The lowest BCUT2D eigenvalue weighted by atomic mass is 10.1. The summed E-state index contributed by atoms with van der Waals surface area (Å²) in [6.07, 6.45) is 0. The van der Waals surface area contributed by atoms with Gasteiger partial charge in [0.05, 0.1) is 16.8 Å². The molecule has 0 aliphatic carbocycles. The van der Waals surface area contributed by atoms with E-state index in [9.17, 15) is 4.79 Å². The van der Waals surface area contributed by atoms with E-state index in [1.165, 1.54) is 0 Å². The number of hydrogen-bond acceptors (Lipinski definition) is 4. The number of hydrogen-bond donors (Lipinski definition) is 0. The van der Waals surface area contributed by atoms with Crippen molar-refractivity contribution in [2.75, 3.05) is 6.61 Å². The minimum atomic E-state index is -0.421. The van der Waals surface area contributed by atoms with Crippen LogP contribution in [0.25, 0.3) is 22.8 Å². The van der Waals surface area contributed by atoms with Crippen LogP contribution < -0.4 is 0 Å². The molecule has 4 heteroatoms. The molecule has 3 aromatic rings. The van der Waals surface area contributed by atoms with Gasteiger partial charge in [0.1, 0.15) is 6.61 Å². The summed E-state index contributed by atoms with van der Waals surface area (Å²) in [5.74, 6) is 0.677. The zero-order valence-electron chi connectivity index (χ0n) is 14.3. The topological polar surface area (TPSA) is 52.3 Å². The molecule has 1 aromatic heterocycles. The van der Waals surface area contributed by atoms with Gasteiger partial charge in [-0.15, -0.1) is 0 Å². The second-order valence-electron chi connectivity index (χ2n) is 5.88. The van der Waals surface area contributed by atoms with Gasteiger partial charge in [-0.1, -0.05) is 49.0 Å². The first-order chi connectivity index (χ1) is 12.1. The first-order valence-electron chi connectivity index (χ1n) is 8.00. The predicted molar refractivity (Wildman–Crippen MR) is 97.2 cm³/mol. The van der Waals surface area contributed by atoms with E-state index in [0.29, 0.717) is 22.8 Å². The molecule has 0 saturated heterocycles. The van der Waals surface area contributed by atoms with E-state index in [1.54, 1.807) is 18.2 Å². The van der Waals surface area contributed by atoms with Crippen LogP contribution in [0.3, 0.4) is 0 Å². The summed E-state index contributed by atoms with van der Waals surface area (Å²) in [5, 5.41) is 0. The molecule has 1 heterocycles. The minimum Gasteiger partial charge on any atom is -0.458 e. The van der Waals surface area contributed by atoms with Crippen LogP contribution in [0.2, 0.25) is 0 Å². The summed E-state index contributed by atoms with van der Waals surface area (Å²) >= 11 is 0. The van der Waals surface area contributed by atoms with Crippen LogP contribution in [0.1, 0.15) is 23.0 Å². The second kappa shape index (κ2) is 7.18. The normalized spacial score (nSPS) is 10.5. The first-order valence-corrected chi connectivity index (χ1v) is 8.00. The van der Waals surface area contributed by atoms with Gasteiger partial charge in [0.25, 0.3) is 0 Å². The average Bonchev–Trinajstić information content (AvgIpc) is 3.02. The van der Waals surface area contributed by atoms with Crippen molar-refractivity contribution in [2.24, 2.45) is 0 Å². The van der Waals surface area contributed by atoms with Gasteiger partial charge in [-0.3, -0.25) is 0 Å². The quantitative estimate of drug-likeness (QED) is 0.484. The Hall–Kier alpha value is -3.14. The Morgan fingerprint density at radius 1 is 1.12 bits per heavy atom. The molecule has 0 amide bonds. The van der Waals surface area contributed by atoms with Gasteiger partial charge in [0, 0.05) is 5.56 Å². The van der Waals surface area contributed by atoms with Crippen LogP contribution in [-0.4, -0.2) is 17.6 Å². The highest BCUT2D eigenvalue weighted by Gasteiger charge is 2.19. The number of rotatable bonds is 5. The highest BCUT2D eigenvalue weighted by Crippen LogP contribution is 2.31. The van der Waals surface area contributed by atoms with Crippen molar-refractivity contribution >= 4 is 5.97 Å². The molecule has 0 aliphatic heterocycles. The lowest BCUT2D eigenvalue weighted by Crippen LogP contribution is -2.08. The van der Waals surface area contributed by atoms with Crippen molar-refractivity contribution in [3.05, 3.63) is 78.0 Å². The fourth-order valence-electron chi connectivity index (χ4n) is 2.48. The van der Waals surface area contributed by atoms with Crippen molar-refractivity contribution in [3.63, 3.8) is 0 Å². The molecule has 25 heavy (non-hydrogen) atoms. The molecular weight excluding hydrogens is 314 g/mol. The molecule has 3 rings (SSSR count). The van der Waals surface area contributed by atoms with Gasteiger partial charge >= 0.3 is 5.97 Å². The molecule has 0 saturated carbocycles. The van der Waals surface area contributed by atoms with Crippen molar-refractivity contribution in [2.45, 2.75) is 13.8 Å². The van der Waals surface area contributed by atoms with Crippen LogP contribution in [0, 0.1) is 6.92 Å². The van der Waals surface area contributed by atoms with E-state index in [0.717, 1.165) is 16.8 Å². The maximum absolute atomic E-state index is 12.4. The molecule has 0 fully saturated rings. The minimum absolute atomic E-state index is 0.188. The zero-order chi connectivity index (χ0) is 17.8. The Morgan fingerprint density at radius 3 is 2.52 bits per heavy atom. The number of ether oxygens (including phenoxy) is 1. The van der Waals surface area contributed by atoms with Crippen LogP contribution in [0.5, 0.6) is 0 Å². The van der Waals surface area contributed by atoms with Crippen molar-refractivity contribution in [1.29, 1.82) is 0 Å². The molecular formula is C21H19NO3. The van der Waals surface area contributed by atoms with E-state index >= 15 is 0 Å². The van der Waals surface area contributed by atoms with Crippen LogP contribution in [0.4, 0.5) is 0 Å². The molecule has 0 radical (unpaired) electrons. The van der Waals surface area contributed by atoms with Crippen molar-refractivity contribution in [1.82, 2.24) is 4.98 Å². The monoisotopic (exact) mass is 333 g/mol. The average molecular weight is 333 g/mol. The fraction of sp³-hybridized carbons (Fsp3) is 0.143. The summed E-state index contributed by atoms with van der Waals surface area (Å²) < 4.78 is 11.2. The number of esters is 1. The molecule has 0 atom stereocenters. The Bertz CT molecular complexity index is 910. The number of carbonyl (C=O) groups is 1. The Labute approximate surface area is 146 Å². The van der Waals surface area contributed by atoms with E-state index < -0.39 is 5.97 Å². The Kier molecular flexibility index (Phi) is 4.80. The number of nitrogens with zero attached hydrogens (tertiary/aromatic N) is 1. The van der Waals surface area contributed by atoms with Crippen molar-refractivity contribution < 1.29 is 13.9 Å². The van der Waals surface area contributed by atoms with Gasteiger partial charge < -0.3 is 9.15 Å². The van der Waals surface area contributed by atoms with Gasteiger partial charge in [0.15, 0.2) is 5.76 Å². The van der Waals surface area contributed by atoms with Crippen LogP contribution in [0.15, 0.2) is 71.2 Å². The number of carbonyl (C=O) groups excluding carboxylic acids is 1. The molecule has 4 nitrogen and oxygen atoms in total. The summed E-state index contributed by atoms with van der Waals surface area (Å²) in [4.78, 5) is 16.9. The van der Waals surface area contributed by atoms with Gasteiger partial charge in [0.2, 0.25) is 5.89 Å². The number of oxazole rings is 1. The maximum Gasteiger partial charge on any atom is 0.339 e. The predicted octanol–water partition coefficient (Wildman–Crippen LogP) is 5.05. The zero-order valence-corrected chi connectivity index (χ0v) is 14.3. The van der Waals surface area contributed by atoms with E-state index in [2.05, 4.69) is 11.6 Å². The molecule has 0 bridgehead atoms. The molecule has 2 aromatic carbocycles. The summed E-state index contributed by atoms with van der Waals surface area (Å²) in [6.45, 7) is 7.62. The first kappa shape index (κ1) is 16.7. The van der Waals surface area contributed by atoms with E-state index in [-0.39, 0.29) is 6.61 Å². The highest BCUT2D eigenvalue weighted by atomic mass is 16.5. The fourth-order valence-corrected chi connectivity index (χ4v) is 2.48. The Balaban J connectivity index is 1.98. The largest absolute Gasteiger partial charge is 0.458 e. The highest BCUT2D eigenvalue weighted by molar-refractivity contribution is 5.96. The molecule has 0 unspecified atom stereocenters. The third-order valence-corrected chi connectivity index (χ3v) is 3.66. The summed E-state index contributed by atoms with van der Waals surface area (Å²) in [6, 6.07) is 16.9. The molecule has 126 valence electrons. The van der Waals surface area contributed by atoms with Crippen LogP contribution >= 0.6 is 0 Å². The maximum atomic E-state index is 12.4. The lowest BCUT2D eigenvalue weighted by molar-refractivity contribution is 0.0541. The third-order valence-electron chi connectivity index (χ3n) is 3.66. The van der Waals surface area contributed by atoms with E-state index in [1.807, 2.05) is 50.2 Å². The van der Waals surface area contributed by atoms with Gasteiger partial charge in [-0.05, 0) is 31.6 Å². The van der Waals surface area contributed by atoms with Gasteiger partial charge in [-0.25, -0.2) is 9.78 Å². The third kappa shape index (κ3) is 3.69. The number of benzene rings is 2. The van der Waals surface area contributed by atoms with Crippen LogP contribution in [-0.2, 0) is 4.74 Å². The number of aromatic nitrogens is 1. The molecule has 0 aliphatic rings. The SMILES string of the molecule is C=C(C)COC(=O)c1ccccc1-c1nc(C)c(-c2ccccc2)o1. The summed E-state index contributed by atoms with van der Waals surface area (Å²) in [5.41, 5.74) is 3.53. The molecule has 0 spiro atoms. The standard InChI is InChI=1S/C21H19NO3/c1-14(2)13-24-21(23)18-12-8-7-11-17(18)20-22-15(3)19(25-20)16-9-5-4-6-10-16/h4-12H,1,13H2,2-3H3. The second-order valence-corrected chi connectivity index (χ2v) is 5.88. The summed E-state index contributed by atoms with van der Waals surface area (Å²) in [7, 11) is 0. The smallest absolute Gasteiger partial charge is 0.339 e. The molecule has 0 N–H and O–H groups in total. The van der Waals surface area contributed by atoms with Gasteiger partial charge in [-0.2, -0.15) is 0 Å². The van der Waals surface area contributed by atoms with Crippen molar-refractivity contribution in [3.8, 4) is 22.8 Å². The number of aryl methyl sites for hydroxylation is 1. The lowest BCUT2D eigenvalue weighted by Gasteiger charge is -2.07.